The largest absolute Gasteiger partial charge is 0.457 e. The van der Waals surface area contributed by atoms with Crippen molar-refractivity contribution in [1.82, 2.24) is 10.3 Å². The molecular weight excluding hydrogens is 320 g/mol. The Hall–Kier alpha value is -3.06. The number of nitrogens with zero attached hydrogens (tertiary/aromatic N) is 2. The molecule has 1 aliphatic rings. The van der Waals surface area contributed by atoms with Gasteiger partial charge >= 0.3 is 11.8 Å². The van der Waals surface area contributed by atoms with Crippen molar-refractivity contribution in [3.05, 3.63) is 54.6 Å². The summed E-state index contributed by atoms with van der Waals surface area (Å²) in [7, 11) is 0. The molecule has 0 bridgehead atoms. The molecule has 0 aromatic heterocycles. The van der Waals surface area contributed by atoms with E-state index in [2.05, 4.69) is 4.90 Å². The van der Waals surface area contributed by atoms with Gasteiger partial charge in [-0.1, -0.05) is 18.2 Å². The van der Waals surface area contributed by atoms with Crippen molar-refractivity contribution in [3.63, 3.8) is 0 Å². The third kappa shape index (κ3) is 4.07. The van der Waals surface area contributed by atoms with Crippen molar-refractivity contribution < 1.29 is 14.3 Å². The fourth-order valence-electron chi connectivity index (χ4n) is 2.72. The Kier molecular flexibility index (Phi) is 5.15. The van der Waals surface area contributed by atoms with E-state index in [-0.39, 0.29) is 0 Å². The van der Waals surface area contributed by atoms with Gasteiger partial charge in [0.2, 0.25) is 0 Å². The fraction of sp³-hybridized carbons (Fsp3) is 0.222. The number of hydrazine groups is 1. The lowest BCUT2D eigenvalue weighted by Crippen LogP contribution is -2.53. The van der Waals surface area contributed by atoms with Crippen LogP contribution in [0.1, 0.15) is 0 Å². The summed E-state index contributed by atoms with van der Waals surface area (Å²) in [6.07, 6.45) is 0. The van der Waals surface area contributed by atoms with Crippen LogP contribution < -0.4 is 20.9 Å². The average molecular weight is 340 g/mol. The number of nitrogens with one attached hydrogen (secondary N) is 1. The van der Waals surface area contributed by atoms with E-state index in [1.165, 1.54) is 4.90 Å². The van der Waals surface area contributed by atoms with E-state index >= 15 is 0 Å². The molecule has 130 valence electrons. The number of nitrogens with two attached hydrogens (primary N) is 1. The van der Waals surface area contributed by atoms with Crippen molar-refractivity contribution in [2.45, 2.75) is 0 Å². The normalized spacial score (nSPS) is 14.1. The number of anilines is 1. The van der Waals surface area contributed by atoms with Gasteiger partial charge < -0.3 is 14.5 Å². The van der Waals surface area contributed by atoms with Crippen LogP contribution in [0.5, 0.6) is 11.5 Å². The summed E-state index contributed by atoms with van der Waals surface area (Å²) in [6, 6.07) is 17.4. The molecule has 0 unspecified atom stereocenters. The molecule has 0 radical (unpaired) electrons. The van der Waals surface area contributed by atoms with Gasteiger partial charge in [-0.15, -0.1) is 0 Å². The summed E-state index contributed by atoms with van der Waals surface area (Å²) in [6.45, 7) is 2.27. The van der Waals surface area contributed by atoms with Crippen LogP contribution in [-0.2, 0) is 9.59 Å². The first-order valence-electron chi connectivity index (χ1n) is 8.05. The smallest absolute Gasteiger partial charge is 0.323 e. The van der Waals surface area contributed by atoms with Crippen LogP contribution in [0, 0.1) is 0 Å². The zero-order valence-corrected chi connectivity index (χ0v) is 13.7. The van der Waals surface area contributed by atoms with Gasteiger partial charge in [0.1, 0.15) is 11.5 Å². The van der Waals surface area contributed by atoms with Crippen molar-refractivity contribution in [1.29, 1.82) is 0 Å². The fourth-order valence-corrected chi connectivity index (χ4v) is 2.72. The Bertz CT molecular complexity index is 726. The summed E-state index contributed by atoms with van der Waals surface area (Å²) >= 11 is 0. The number of carbonyl (C=O) groups is 2. The summed E-state index contributed by atoms with van der Waals surface area (Å²) in [5, 5.41) is 0. The topological polar surface area (TPSA) is 87.9 Å². The molecule has 2 aromatic rings. The van der Waals surface area contributed by atoms with Crippen molar-refractivity contribution >= 4 is 17.5 Å². The minimum Gasteiger partial charge on any atom is -0.457 e. The van der Waals surface area contributed by atoms with Crippen molar-refractivity contribution in [3.8, 4) is 11.5 Å². The van der Waals surface area contributed by atoms with Crippen LogP contribution in [0.4, 0.5) is 5.69 Å². The Morgan fingerprint density at radius 3 is 2.08 bits per heavy atom. The summed E-state index contributed by atoms with van der Waals surface area (Å²) in [4.78, 5) is 26.8. The molecule has 3 rings (SSSR count). The molecule has 0 spiro atoms. The lowest BCUT2D eigenvalue weighted by molar-refractivity contribution is -0.146. The highest BCUT2D eigenvalue weighted by atomic mass is 16.5. The van der Waals surface area contributed by atoms with E-state index in [1.54, 1.807) is 0 Å². The van der Waals surface area contributed by atoms with Crippen LogP contribution in [0.15, 0.2) is 54.6 Å². The minimum atomic E-state index is -0.782. The molecule has 1 aliphatic heterocycles. The third-order valence-electron chi connectivity index (χ3n) is 4.07. The second kappa shape index (κ2) is 7.67. The van der Waals surface area contributed by atoms with E-state index in [1.807, 2.05) is 60.0 Å². The lowest BCUT2D eigenvalue weighted by atomic mass is 10.2. The summed E-state index contributed by atoms with van der Waals surface area (Å²) in [5.74, 6) is 5.19. The number of para-hydroxylation sites is 1. The molecule has 25 heavy (non-hydrogen) atoms. The Morgan fingerprint density at radius 1 is 0.880 bits per heavy atom. The van der Waals surface area contributed by atoms with Crippen LogP contribution in [0.2, 0.25) is 0 Å². The lowest BCUT2D eigenvalue weighted by Gasteiger charge is -2.35. The zero-order valence-electron chi connectivity index (χ0n) is 13.7. The molecule has 1 heterocycles. The van der Waals surface area contributed by atoms with Gasteiger partial charge in [-0.05, 0) is 36.4 Å². The van der Waals surface area contributed by atoms with E-state index in [4.69, 9.17) is 10.6 Å². The van der Waals surface area contributed by atoms with Gasteiger partial charge in [0.05, 0.1) is 0 Å². The Morgan fingerprint density at radius 2 is 1.48 bits per heavy atom. The number of hydrogen-bond acceptors (Lipinski definition) is 5. The standard InChI is InChI=1S/C18H20N4O3/c19-20-17(23)18(24)22-12-10-21(11-13-22)14-6-8-16(9-7-14)25-15-4-2-1-3-5-15/h1-9H,10-13,19H2,(H,20,23). The summed E-state index contributed by atoms with van der Waals surface area (Å²) in [5.41, 5.74) is 2.93. The van der Waals surface area contributed by atoms with Crippen LogP contribution in [-0.4, -0.2) is 42.9 Å². The van der Waals surface area contributed by atoms with Gasteiger partial charge in [-0.3, -0.25) is 15.0 Å². The number of ether oxygens (including phenoxy) is 1. The highest BCUT2D eigenvalue weighted by molar-refractivity contribution is 6.34. The molecule has 1 saturated heterocycles. The zero-order chi connectivity index (χ0) is 17.6. The second-order valence-electron chi connectivity index (χ2n) is 5.66. The first-order chi connectivity index (χ1) is 12.2. The van der Waals surface area contributed by atoms with Gasteiger partial charge in [-0.25, -0.2) is 5.84 Å². The third-order valence-corrected chi connectivity index (χ3v) is 4.07. The molecule has 0 atom stereocenters. The number of benzene rings is 2. The second-order valence-corrected chi connectivity index (χ2v) is 5.66. The number of piperazine rings is 1. The summed E-state index contributed by atoms with van der Waals surface area (Å²) < 4.78 is 5.78. The number of amides is 2. The van der Waals surface area contributed by atoms with Crippen molar-refractivity contribution in [2.24, 2.45) is 5.84 Å². The van der Waals surface area contributed by atoms with E-state index in [9.17, 15) is 9.59 Å². The molecule has 0 aliphatic carbocycles. The van der Waals surface area contributed by atoms with E-state index in [0.717, 1.165) is 17.2 Å². The monoisotopic (exact) mass is 340 g/mol. The Balaban J connectivity index is 1.57. The first kappa shape index (κ1) is 16.8. The highest BCUT2D eigenvalue weighted by Crippen LogP contribution is 2.24. The molecule has 7 nitrogen and oxygen atoms in total. The molecule has 3 N–H and O–H groups in total. The van der Waals surface area contributed by atoms with Gasteiger partial charge in [-0.2, -0.15) is 0 Å². The van der Waals surface area contributed by atoms with E-state index < -0.39 is 11.8 Å². The predicted octanol–water partition coefficient (Wildman–Crippen LogP) is 1.12. The quantitative estimate of drug-likeness (QED) is 0.378. The highest BCUT2D eigenvalue weighted by Gasteiger charge is 2.25. The van der Waals surface area contributed by atoms with Crippen LogP contribution in [0.3, 0.4) is 0 Å². The van der Waals surface area contributed by atoms with Gasteiger partial charge in [0, 0.05) is 31.9 Å². The number of carbonyl (C=O) groups excluding carboxylic acids is 2. The van der Waals surface area contributed by atoms with Crippen LogP contribution >= 0.6 is 0 Å². The van der Waals surface area contributed by atoms with Crippen LogP contribution in [0.25, 0.3) is 0 Å². The molecule has 2 aromatic carbocycles. The number of rotatable bonds is 3. The maximum Gasteiger partial charge on any atom is 0.323 e. The SMILES string of the molecule is NNC(=O)C(=O)N1CCN(c2ccc(Oc3ccccc3)cc2)CC1. The number of hydrogen-bond donors (Lipinski definition) is 2. The van der Waals surface area contributed by atoms with E-state index in [0.29, 0.717) is 26.2 Å². The van der Waals surface area contributed by atoms with Gasteiger partial charge in [0.25, 0.3) is 0 Å². The minimum absolute atomic E-state index is 0.481. The maximum atomic E-state index is 11.8. The predicted molar refractivity (Wildman–Crippen MR) is 94.1 cm³/mol. The molecular formula is C18H20N4O3. The van der Waals surface area contributed by atoms with Crippen molar-refractivity contribution in [2.75, 3.05) is 31.1 Å². The molecule has 1 fully saturated rings. The molecule has 0 saturated carbocycles. The molecule has 7 heteroatoms. The Labute approximate surface area is 145 Å². The molecule has 2 amide bonds. The average Bonchev–Trinajstić information content (AvgIpc) is 2.68. The maximum absolute atomic E-state index is 11.8. The first-order valence-corrected chi connectivity index (χ1v) is 8.05. The van der Waals surface area contributed by atoms with Gasteiger partial charge in [0.15, 0.2) is 0 Å².